The van der Waals surface area contributed by atoms with E-state index in [0.29, 0.717) is 0 Å². The molecule has 2 heterocycles. The average Bonchev–Trinajstić information content (AvgIpc) is 2.62. The minimum Gasteiger partial charge on any atom is -0.271 e. The van der Waals surface area contributed by atoms with Gasteiger partial charge in [0, 0.05) is 29.3 Å². The Morgan fingerprint density at radius 1 is 0.808 bits per heavy atom. The molecule has 1 aliphatic heterocycles. The van der Waals surface area contributed by atoms with Crippen molar-refractivity contribution in [3.63, 3.8) is 0 Å². The van der Waals surface area contributed by atoms with Gasteiger partial charge in [-0.15, -0.1) is 0 Å². The van der Waals surface area contributed by atoms with Crippen LogP contribution >= 0.6 is 0 Å². The standard InChI is InChI=1S/C24H23N2/c1-14-9-10-20-19(11-14)24-23-17(7-6-8-21(23)25(20)4)18-12-15(2)16(3)13-22(18)26(24)5/h6-13H,1-5H3/q+1/p+1. The fourth-order valence-corrected chi connectivity index (χ4v) is 4.59. The van der Waals surface area contributed by atoms with Crippen LogP contribution in [-0.2, 0) is 7.05 Å². The summed E-state index contributed by atoms with van der Waals surface area (Å²) in [7, 11) is 4.48. The molecule has 1 aliphatic rings. The Bertz CT molecular complexity index is 1230. The third-order valence-corrected chi connectivity index (χ3v) is 6.14. The Morgan fingerprint density at radius 3 is 2.38 bits per heavy atom. The molecule has 0 radical (unpaired) electrons. The Morgan fingerprint density at radius 2 is 1.58 bits per heavy atom. The predicted molar refractivity (Wildman–Crippen MR) is 108 cm³/mol. The number of pyridine rings is 1. The smallest absolute Gasteiger partial charge is 0.219 e. The van der Waals surface area contributed by atoms with Crippen molar-refractivity contribution in [3.8, 4) is 11.1 Å². The molecular weight excluding hydrogens is 316 g/mol. The van der Waals surface area contributed by atoms with Crippen LogP contribution in [0.4, 0.5) is 11.4 Å². The van der Waals surface area contributed by atoms with Gasteiger partial charge >= 0.3 is 0 Å². The molecule has 0 saturated carbocycles. The maximum atomic E-state index is 2.37. The van der Waals surface area contributed by atoms with Crippen LogP contribution in [0.5, 0.6) is 0 Å². The molecule has 3 aromatic carbocycles. The van der Waals surface area contributed by atoms with E-state index in [4.69, 9.17) is 0 Å². The van der Waals surface area contributed by atoms with Crippen LogP contribution in [0, 0.1) is 20.8 Å². The van der Waals surface area contributed by atoms with Crippen LogP contribution in [0.2, 0.25) is 0 Å². The number of nitrogens with zero attached hydrogens (tertiary/aromatic N) is 1. The number of fused-ring (bicyclic) bond motifs is 4. The van der Waals surface area contributed by atoms with Gasteiger partial charge in [-0.25, -0.2) is 0 Å². The highest BCUT2D eigenvalue weighted by molar-refractivity contribution is 6.11. The highest BCUT2D eigenvalue weighted by Gasteiger charge is 2.33. The lowest BCUT2D eigenvalue weighted by molar-refractivity contribution is -0.733. The van der Waals surface area contributed by atoms with Gasteiger partial charge in [0.2, 0.25) is 11.0 Å². The summed E-state index contributed by atoms with van der Waals surface area (Å²) in [6, 6.07) is 18.3. The van der Waals surface area contributed by atoms with Crippen LogP contribution < -0.4 is 9.47 Å². The number of benzene rings is 3. The van der Waals surface area contributed by atoms with E-state index in [1.807, 2.05) is 0 Å². The van der Waals surface area contributed by atoms with Crippen LogP contribution in [-0.4, -0.2) is 7.05 Å². The van der Waals surface area contributed by atoms with E-state index in [9.17, 15) is 0 Å². The van der Waals surface area contributed by atoms with E-state index in [-0.39, 0.29) is 0 Å². The van der Waals surface area contributed by atoms with E-state index in [2.05, 4.69) is 88.0 Å². The van der Waals surface area contributed by atoms with Gasteiger partial charge < -0.3 is 0 Å². The van der Waals surface area contributed by atoms with Gasteiger partial charge in [-0.1, -0.05) is 18.2 Å². The van der Waals surface area contributed by atoms with E-state index >= 15 is 0 Å². The molecule has 1 N–H and O–H groups in total. The number of hydrogen-bond donors (Lipinski definition) is 1. The minimum absolute atomic E-state index is 1.29. The van der Waals surface area contributed by atoms with Crippen molar-refractivity contribution < 1.29 is 9.47 Å². The molecule has 2 nitrogen and oxygen atoms in total. The van der Waals surface area contributed by atoms with Gasteiger partial charge in [0.1, 0.15) is 23.5 Å². The second-order valence-corrected chi connectivity index (χ2v) is 7.76. The summed E-state index contributed by atoms with van der Waals surface area (Å²) in [6.07, 6.45) is 0. The SMILES string of the molecule is Cc1ccc2c(c1)c1c3c(cccc3[n+]2C)-c2cc(C)c(C)cc2[NH+]1C. The molecule has 26 heavy (non-hydrogen) atoms. The van der Waals surface area contributed by atoms with E-state index in [1.54, 1.807) is 0 Å². The maximum absolute atomic E-state index is 2.37. The van der Waals surface area contributed by atoms with Crippen LogP contribution in [0.25, 0.3) is 32.9 Å². The second kappa shape index (κ2) is 5.15. The van der Waals surface area contributed by atoms with Crippen LogP contribution in [0.15, 0.2) is 48.5 Å². The summed E-state index contributed by atoms with van der Waals surface area (Å²) >= 11 is 0. The summed E-state index contributed by atoms with van der Waals surface area (Å²) in [5, 5.41) is 2.75. The van der Waals surface area contributed by atoms with Crippen molar-refractivity contribution in [3.05, 3.63) is 65.2 Å². The maximum Gasteiger partial charge on any atom is 0.219 e. The molecule has 5 rings (SSSR count). The lowest BCUT2D eigenvalue weighted by Crippen LogP contribution is -2.99. The zero-order valence-electron chi connectivity index (χ0n) is 16.1. The van der Waals surface area contributed by atoms with Crippen molar-refractivity contribution in [2.24, 2.45) is 7.05 Å². The number of hydrogen-bond acceptors (Lipinski definition) is 0. The molecule has 0 saturated heterocycles. The molecule has 0 fully saturated rings. The van der Waals surface area contributed by atoms with Gasteiger partial charge in [-0.05, 0) is 49.6 Å². The Hall–Kier alpha value is -2.71. The van der Waals surface area contributed by atoms with Gasteiger partial charge in [-0.3, -0.25) is 4.90 Å². The van der Waals surface area contributed by atoms with Crippen molar-refractivity contribution in [1.82, 2.24) is 0 Å². The van der Waals surface area contributed by atoms with E-state index < -0.39 is 0 Å². The summed E-state index contributed by atoms with van der Waals surface area (Å²) in [5.74, 6) is 0. The van der Waals surface area contributed by atoms with Gasteiger partial charge in [0.05, 0.1) is 7.05 Å². The van der Waals surface area contributed by atoms with Crippen LogP contribution in [0.3, 0.4) is 0 Å². The zero-order valence-corrected chi connectivity index (χ0v) is 16.1. The summed E-state index contributed by atoms with van der Waals surface area (Å²) in [4.78, 5) is 1.39. The third-order valence-electron chi connectivity index (χ3n) is 6.14. The third kappa shape index (κ3) is 1.88. The van der Waals surface area contributed by atoms with Crippen LogP contribution in [0.1, 0.15) is 16.7 Å². The first kappa shape index (κ1) is 15.5. The normalized spacial score (nSPS) is 15.5. The average molecular weight is 340 g/mol. The lowest BCUT2D eigenvalue weighted by Gasteiger charge is -2.26. The predicted octanol–water partition coefficient (Wildman–Crippen LogP) is 4.20. The van der Waals surface area contributed by atoms with E-state index in [1.165, 1.54) is 65.9 Å². The molecule has 4 aromatic rings. The Balaban J connectivity index is 2.07. The number of rotatable bonds is 0. The highest BCUT2D eigenvalue weighted by atomic mass is 15.1. The minimum atomic E-state index is 1.29. The number of aromatic nitrogens is 1. The van der Waals surface area contributed by atoms with E-state index in [0.717, 1.165) is 0 Å². The topological polar surface area (TPSA) is 8.32 Å². The molecule has 128 valence electrons. The first-order valence-corrected chi connectivity index (χ1v) is 9.28. The van der Waals surface area contributed by atoms with Crippen molar-refractivity contribution in [1.29, 1.82) is 0 Å². The monoisotopic (exact) mass is 340 g/mol. The van der Waals surface area contributed by atoms with Gasteiger partial charge in [0.25, 0.3) is 0 Å². The van der Waals surface area contributed by atoms with Gasteiger partial charge in [-0.2, -0.15) is 4.57 Å². The van der Waals surface area contributed by atoms with Crippen molar-refractivity contribution >= 4 is 33.2 Å². The lowest BCUT2D eigenvalue weighted by atomic mass is 9.89. The fourth-order valence-electron chi connectivity index (χ4n) is 4.59. The molecule has 1 atom stereocenters. The van der Waals surface area contributed by atoms with Gasteiger partial charge in [0.15, 0.2) is 5.69 Å². The number of aryl methyl sites for hydroxylation is 4. The molecule has 0 aliphatic carbocycles. The Labute approximate surface area is 154 Å². The summed E-state index contributed by atoms with van der Waals surface area (Å²) in [5.41, 5.74) is 12.1. The fraction of sp³-hybridized carbons (Fsp3) is 0.208. The zero-order chi connectivity index (χ0) is 18.2. The summed E-state index contributed by atoms with van der Waals surface area (Å²) in [6.45, 7) is 6.61. The molecule has 2 heteroatoms. The van der Waals surface area contributed by atoms with Crippen molar-refractivity contribution in [2.75, 3.05) is 7.05 Å². The Kier molecular flexibility index (Phi) is 3.08. The number of quaternary nitrogens is 1. The quantitative estimate of drug-likeness (QED) is 0.363. The molecule has 1 aromatic heterocycles. The molecule has 1 unspecified atom stereocenters. The first-order valence-electron chi connectivity index (χ1n) is 9.28. The highest BCUT2D eigenvalue weighted by Crippen LogP contribution is 2.42. The first-order chi connectivity index (χ1) is 12.5. The molecule has 0 bridgehead atoms. The molecule has 0 amide bonds. The molecular formula is C24H24N2+2. The van der Waals surface area contributed by atoms with Crippen molar-refractivity contribution in [2.45, 2.75) is 20.8 Å². The second-order valence-electron chi connectivity index (χ2n) is 7.76. The summed E-state index contributed by atoms with van der Waals surface area (Å²) < 4.78 is 2.34. The number of nitrogens with one attached hydrogen (secondary N) is 1. The largest absolute Gasteiger partial charge is 0.271 e. The molecule has 0 spiro atoms.